The van der Waals surface area contributed by atoms with Crippen LogP contribution in [-0.2, 0) is 35.2 Å². The van der Waals surface area contributed by atoms with Gasteiger partial charge in [0, 0.05) is 45.1 Å². The van der Waals surface area contributed by atoms with E-state index in [1.54, 1.807) is 12.1 Å². The van der Waals surface area contributed by atoms with Gasteiger partial charge in [-0.05, 0) is 55.7 Å². The molecule has 2 heterocycles. The van der Waals surface area contributed by atoms with Crippen LogP contribution in [0.1, 0.15) is 64.9 Å². The number of guanidine groups is 1. The van der Waals surface area contributed by atoms with Crippen molar-refractivity contribution < 1.29 is 33.9 Å². The van der Waals surface area contributed by atoms with E-state index in [0.29, 0.717) is 32.1 Å². The van der Waals surface area contributed by atoms with Crippen molar-refractivity contribution in [2.75, 3.05) is 19.6 Å². The molecule has 2 aliphatic rings. The highest BCUT2D eigenvalue weighted by molar-refractivity contribution is 5.94. The number of nitrogens with zero attached hydrogens (tertiary/aromatic N) is 2. The number of carbonyl (C=O) groups is 6. The SMILES string of the molecule is CC[C@H](C)[C@H]1NC(=O)C[C@H](CCCN=C(N)N)NC(=O)[C@@H]2CCCN2C(=O)[C@@H](NC(C)=O)CNC(=O)/C=C/[C@H](Cc2ccc(O)cc2)NC1=O. The number of hydrogen-bond acceptors (Lipinski definition) is 8. The van der Waals surface area contributed by atoms with Crippen molar-refractivity contribution in [3.8, 4) is 5.75 Å². The monoisotopic (exact) mass is 697 g/mol. The van der Waals surface area contributed by atoms with Gasteiger partial charge < -0.3 is 48.1 Å². The normalized spacial score (nSPS) is 25.3. The predicted molar refractivity (Wildman–Crippen MR) is 186 cm³/mol. The number of benzene rings is 1. The number of phenolic OH excluding ortho intramolecular Hbond substituents is 1. The molecule has 1 saturated heterocycles. The molecule has 6 atom stereocenters. The van der Waals surface area contributed by atoms with E-state index in [9.17, 15) is 33.9 Å². The lowest BCUT2D eigenvalue weighted by Gasteiger charge is -2.30. The van der Waals surface area contributed by atoms with Crippen molar-refractivity contribution in [3.05, 3.63) is 42.0 Å². The lowest BCUT2D eigenvalue weighted by atomic mass is 9.96. The minimum absolute atomic E-state index is 0.0713. The second kappa shape index (κ2) is 19.1. The summed E-state index contributed by atoms with van der Waals surface area (Å²) in [7, 11) is 0. The zero-order valence-electron chi connectivity index (χ0n) is 28.9. The number of aliphatic imine (C=N–C) groups is 1. The van der Waals surface area contributed by atoms with E-state index in [4.69, 9.17) is 11.5 Å². The number of amides is 6. The topological polar surface area (TPSA) is 250 Å². The largest absolute Gasteiger partial charge is 0.508 e. The van der Waals surface area contributed by atoms with Crippen molar-refractivity contribution in [1.82, 2.24) is 31.5 Å². The van der Waals surface area contributed by atoms with Crippen LogP contribution in [0.15, 0.2) is 41.4 Å². The molecule has 1 aromatic rings. The van der Waals surface area contributed by atoms with Crippen molar-refractivity contribution in [3.63, 3.8) is 0 Å². The molecule has 50 heavy (non-hydrogen) atoms. The van der Waals surface area contributed by atoms with Gasteiger partial charge >= 0.3 is 0 Å². The van der Waals surface area contributed by atoms with Crippen molar-refractivity contribution in [2.45, 2.75) is 95.9 Å². The Balaban J connectivity index is 1.98. The summed E-state index contributed by atoms with van der Waals surface area (Å²) in [5.74, 6) is -3.29. The Morgan fingerprint density at radius 1 is 1.08 bits per heavy atom. The Kier molecular flexibility index (Phi) is 15.0. The summed E-state index contributed by atoms with van der Waals surface area (Å²) >= 11 is 0. The second-order valence-electron chi connectivity index (χ2n) is 12.8. The standard InChI is InChI=1S/C34H51N9O7/c1-4-20(2)30-32(49)41-24(17-22-9-12-25(45)13-10-22)11-14-28(46)38-19-26(39-21(3)44)33(50)43-16-6-8-27(43)31(48)40-23(18-29(47)42-30)7-5-15-37-34(35)36/h9-14,20,23-24,26-27,30,45H,4-8,15-19H2,1-3H3,(H,38,46)(H,39,44)(H,40,48)(H,41,49)(H,42,47)(H4,35,36,37)/b14-11+/t20-,23-,24+,26-,27-,30+/m0/s1. The van der Waals surface area contributed by atoms with E-state index in [2.05, 4.69) is 31.6 Å². The number of phenols is 1. The van der Waals surface area contributed by atoms with Crippen LogP contribution in [0.25, 0.3) is 0 Å². The molecule has 0 aliphatic carbocycles. The molecule has 0 spiro atoms. The highest BCUT2D eigenvalue weighted by Gasteiger charge is 2.38. The summed E-state index contributed by atoms with van der Waals surface area (Å²) in [4.78, 5) is 85.0. The van der Waals surface area contributed by atoms with Crippen LogP contribution in [0, 0.1) is 5.92 Å². The molecular formula is C34H51N9O7. The number of aromatic hydroxyl groups is 1. The molecule has 6 amide bonds. The van der Waals surface area contributed by atoms with Gasteiger partial charge in [-0.1, -0.05) is 38.5 Å². The molecule has 0 aromatic heterocycles. The Morgan fingerprint density at radius 3 is 2.46 bits per heavy atom. The van der Waals surface area contributed by atoms with E-state index in [0.717, 1.165) is 5.56 Å². The van der Waals surface area contributed by atoms with Gasteiger partial charge in [-0.15, -0.1) is 0 Å². The highest BCUT2D eigenvalue weighted by Crippen LogP contribution is 2.20. The molecule has 16 heteroatoms. The third-order valence-corrected chi connectivity index (χ3v) is 8.79. The lowest BCUT2D eigenvalue weighted by molar-refractivity contribution is -0.141. The van der Waals surface area contributed by atoms with Crippen LogP contribution < -0.4 is 38.1 Å². The number of nitrogens with two attached hydrogens (primary N) is 2. The van der Waals surface area contributed by atoms with Crippen LogP contribution in [0.3, 0.4) is 0 Å². The van der Waals surface area contributed by atoms with Gasteiger partial charge in [0.25, 0.3) is 0 Å². The quantitative estimate of drug-likeness (QED) is 0.0900. The van der Waals surface area contributed by atoms with E-state index in [1.807, 2.05) is 13.8 Å². The summed E-state index contributed by atoms with van der Waals surface area (Å²) in [6, 6.07) is 2.08. The lowest BCUT2D eigenvalue weighted by Crippen LogP contribution is -2.57. The number of hydrogen-bond donors (Lipinski definition) is 8. The Labute approximate surface area is 292 Å². The highest BCUT2D eigenvalue weighted by atomic mass is 16.3. The number of carbonyl (C=O) groups excluding carboxylic acids is 6. The summed E-state index contributed by atoms with van der Waals surface area (Å²) in [6.07, 6.45) is 5.07. The van der Waals surface area contributed by atoms with Gasteiger partial charge in [0.05, 0.1) is 6.04 Å². The van der Waals surface area contributed by atoms with Gasteiger partial charge in [-0.2, -0.15) is 0 Å². The first-order chi connectivity index (χ1) is 23.8. The first kappa shape index (κ1) is 39.3. The van der Waals surface area contributed by atoms with Gasteiger partial charge in [-0.25, -0.2) is 0 Å². The minimum atomic E-state index is -1.15. The summed E-state index contributed by atoms with van der Waals surface area (Å²) in [5, 5.41) is 23.7. The van der Waals surface area contributed by atoms with Crippen LogP contribution >= 0.6 is 0 Å². The molecule has 1 aromatic carbocycles. The number of fused-ring (bicyclic) bond motifs is 1. The number of rotatable bonds is 9. The van der Waals surface area contributed by atoms with Crippen molar-refractivity contribution >= 4 is 41.4 Å². The fourth-order valence-electron chi connectivity index (χ4n) is 5.97. The maximum atomic E-state index is 13.8. The average molecular weight is 698 g/mol. The van der Waals surface area contributed by atoms with Gasteiger partial charge in [0.1, 0.15) is 23.9 Å². The Morgan fingerprint density at radius 2 is 1.80 bits per heavy atom. The Hall–Kier alpha value is -5.15. The third kappa shape index (κ3) is 12.4. The van der Waals surface area contributed by atoms with Crippen molar-refractivity contribution in [2.24, 2.45) is 22.4 Å². The molecule has 0 radical (unpaired) electrons. The number of nitrogens with one attached hydrogen (secondary N) is 5. The van der Waals surface area contributed by atoms with E-state index < -0.39 is 65.7 Å². The second-order valence-corrected chi connectivity index (χ2v) is 12.8. The molecule has 274 valence electrons. The van der Waals surface area contributed by atoms with E-state index >= 15 is 0 Å². The molecule has 16 nitrogen and oxygen atoms in total. The molecule has 0 bridgehead atoms. The molecule has 1 fully saturated rings. The average Bonchev–Trinajstić information content (AvgIpc) is 3.56. The van der Waals surface area contributed by atoms with Crippen molar-refractivity contribution in [1.29, 1.82) is 0 Å². The zero-order chi connectivity index (χ0) is 36.8. The molecule has 2 aliphatic heterocycles. The summed E-state index contributed by atoms with van der Waals surface area (Å²) in [6.45, 7) is 5.26. The Bertz CT molecular complexity index is 1430. The van der Waals surface area contributed by atoms with Gasteiger partial charge in [0.15, 0.2) is 5.96 Å². The van der Waals surface area contributed by atoms with Crippen LogP contribution in [-0.4, -0.2) is 101 Å². The third-order valence-electron chi connectivity index (χ3n) is 8.79. The maximum Gasteiger partial charge on any atom is 0.247 e. The maximum absolute atomic E-state index is 13.8. The summed E-state index contributed by atoms with van der Waals surface area (Å²) in [5.41, 5.74) is 11.7. The smallest absolute Gasteiger partial charge is 0.247 e. The van der Waals surface area contributed by atoms with Crippen LogP contribution in [0.5, 0.6) is 5.75 Å². The first-order valence-electron chi connectivity index (χ1n) is 17.0. The first-order valence-corrected chi connectivity index (χ1v) is 17.0. The zero-order valence-corrected chi connectivity index (χ0v) is 28.9. The van der Waals surface area contributed by atoms with E-state index in [-0.39, 0.29) is 50.1 Å². The molecule has 0 saturated carbocycles. The predicted octanol–water partition coefficient (Wildman–Crippen LogP) is -0.939. The van der Waals surface area contributed by atoms with Crippen LogP contribution in [0.4, 0.5) is 0 Å². The fraction of sp³-hybridized carbons (Fsp3) is 0.559. The molecular weight excluding hydrogens is 646 g/mol. The van der Waals surface area contributed by atoms with Gasteiger partial charge in [0.2, 0.25) is 35.4 Å². The molecule has 3 rings (SSSR count). The molecule has 10 N–H and O–H groups in total. The van der Waals surface area contributed by atoms with E-state index in [1.165, 1.54) is 36.1 Å². The minimum Gasteiger partial charge on any atom is -0.508 e. The molecule has 0 unspecified atom stereocenters. The fourth-order valence-corrected chi connectivity index (χ4v) is 5.97. The van der Waals surface area contributed by atoms with Gasteiger partial charge in [-0.3, -0.25) is 33.8 Å². The van der Waals surface area contributed by atoms with Crippen LogP contribution in [0.2, 0.25) is 0 Å². The summed E-state index contributed by atoms with van der Waals surface area (Å²) < 4.78 is 0.